The summed E-state index contributed by atoms with van der Waals surface area (Å²) in [7, 11) is 0. The van der Waals surface area contributed by atoms with Crippen molar-refractivity contribution in [1.29, 1.82) is 0 Å². The number of halogens is 1. The van der Waals surface area contributed by atoms with Gasteiger partial charge in [0.25, 0.3) is 0 Å². The van der Waals surface area contributed by atoms with Crippen LogP contribution in [0.25, 0.3) is 0 Å². The number of hydrogen-bond acceptors (Lipinski definition) is 2. The quantitative estimate of drug-likeness (QED) is 0.708. The number of carbonyl (C=O) groups is 1. The molecule has 0 aliphatic carbocycles. The van der Waals surface area contributed by atoms with Gasteiger partial charge in [-0.1, -0.05) is 33.1 Å². The van der Waals surface area contributed by atoms with Crippen LogP contribution in [0, 0.1) is 5.92 Å². The zero-order chi connectivity index (χ0) is 12.6. The minimum atomic E-state index is -0.319. The Morgan fingerprint density at radius 1 is 1.35 bits per heavy atom. The van der Waals surface area contributed by atoms with E-state index in [1.54, 1.807) is 0 Å². The Bertz CT molecular complexity index is 202. The second-order valence-electron chi connectivity index (χ2n) is 5.39. The fourth-order valence-corrected chi connectivity index (χ4v) is 1.60. The van der Waals surface area contributed by atoms with Crippen LogP contribution in [0.2, 0.25) is 0 Å². The van der Waals surface area contributed by atoms with Gasteiger partial charge in [0.2, 0.25) is 5.91 Å². The van der Waals surface area contributed by atoms with Gasteiger partial charge in [-0.2, -0.15) is 0 Å². The number of amides is 1. The second kappa shape index (κ2) is 9.72. The molecule has 0 spiro atoms. The van der Waals surface area contributed by atoms with E-state index in [1.807, 2.05) is 13.8 Å². The van der Waals surface area contributed by atoms with E-state index in [0.29, 0.717) is 18.9 Å². The Labute approximate surface area is 112 Å². The summed E-state index contributed by atoms with van der Waals surface area (Å²) in [4.78, 5) is 11.7. The number of unbranched alkanes of at least 4 members (excludes halogenated alkanes) is 1. The zero-order valence-electron chi connectivity index (χ0n) is 11.7. The molecular formula is C13H29ClN2O. The molecule has 0 rings (SSSR count). The predicted molar refractivity (Wildman–Crippen MR) is 76.4 cm³/mol. The number of nitrogens with two attached hydrogens (primary N) is 1. The summed E-state index contributed by atoms with van der Waals surface area (Å²) < 4.78 is 0. The van der Waals surface area contributed by atoms with E-state index in [-0.39, 0.29) is 23.9 Å². The smallest absolute Gasteiger partial charge is 0.220 e. The molecule has 3 N–H and O–H groups in total. The maximum Gasteiger partial charge on any atom is 0.220 e. The molecule has 0 aromatic carbocycles. The molecule has 0 saturated heterocycles. The highest BCUT2D eigenvalue weighted by Gasteiger charge is 2.15. The summed E-state index contributed by atoms with van der Waals surface area (Å²) in [5.41, 5.74) is 5.49. The van der Waals surface area contributed by atoms with Gasteiger partial charge in [-0.3, -0.25) is 4.79 Å². The van der Waals surface area contributed by atoms with Gasteiger partial charge in [0.15, 0.2) is 0 Å². The standard InChI is InChI=1S/C13H28N2O.ClH/c1-5-7-8-11(6-2)9-12(16)15-10-13(3,4)14;/h11H,5-10,14H2,1-4H3,(H,15,16);1H. The molecule has 0 aromatic heterocycles. The Hall–Kier alpha value is -0.280. The first-order chi connectivity index (χ1) is 7.39. The van der Waals surface area contributed by atoms with E-state index in [2.05, 4.69) is 19.2 Å². The first-order valence-corrected chi connectivity index (χ1v) is 6.44. The Morgan fingerprint density at radius 2 is 1.94 bits per heavy atom. The molecule has 0 bridgehead atoms. The van der Waals surface area contributed by atoms with Crippen molar-refractivity contribution in [2.75, 3.05) is 6.54 Å². The Balaban J connectivity index is 0. The third kappa shape index (κ3) is 12.0. The lowest BCUT2D eigenvalue weighted by atomic mass is 9.95. The van der Waals surface area contributed by atoms with Crippen LogP contribution in [0.4, 0.5) is 0 Å². The van der Waals surface area contributed by atoms with E-state index < -0.39 is 0 Å². The fraction of sp³-hybridized carbons (Fsp3) is 0.923. The van der Waals surface area contributed by atoms with Crippen LogP contribution >= 0.6 is 12.4 Å². The van der Waals surface area contributed by atoms with Gasteiger partial charge in [0, 0.05) is 18.5 Å². The van der Waals surface area contributed by atoms with Crippen molar-refractivity contribution in [2.45, 2.75) is 65.3 Å². The lowest BCUT2D eigenvalue weighted by Gasteiger charge is -2.20. The van der Waals surface area contributed by atoms with Gasteiger partial charge < -0.3 is 11.1 Å². The van der Waals surface area contributed by atoms with Gasteiger partial charge in [0.05, 0.1) is 0 Å². The van der Waals surface area contributed by atoms with Gasteiger partial charge in [0.1, 0.15) is 0 Å². The summed E-state index contributed by atoms with van der Waals surface area (Å²) >= 11 is 0. The molecule has 0 aliphatic rings. The van der Waals surface area contributed by atoms with E-state index >= 15 is 0 Å². The molecule has 0 aliphatic heterocycles. The van der Waals surface area contributed by atoms with Crippen LogP contribution in [-0.2, 0) is 4.79 Å². The molecule has 0 heterocycles. The third-order valence-corrected chi connectivity index (χ3v) is 2.76. The molecule has 0 saturated carbocycles. The van der Waals surface area contributed by atoms with Crippen LogP contribution in [-0.4, -0.2) is 18.0 Å². The lowest BCUT2D eigenvalue weighted by Crippen LogP contribution is -2.45. The van der Waals surface area contributed by atoms with Gasteiger partial charge in [-0.15, -0.1) is 12.4 Å². The molecule has 1 amide bonds. The molecule has 3 nitrogen and oxygen atoms in total. The molecule has 4 heteroatoms. The van der Waals surface area contributed by atoms with Crippen molar-refractivity contribution >= 4 is 18.3 Å². The SMILES string of the molecule is CCCCC(CC)CC(=O)NCC(C)(C)N.Cl. The van der Waals surface area contributed by atoms with Crippen molar-refractivity contribution in [1.82, 2.24) is 5.32 Å². The molecule has 1 atom stereocenters. The minimum absolute atomic E-state index is 0. The van der Waals surface area contributed by atoms with E-state index in [1.165, 1.54) is 12.8 Å². The van der Waals surface area contributed by atoms with Crippen LogP contribution in [0.3, 0.4) is 0 Å². The van der Waals surface area contributed by atoms with Crippen molar-refractivity contribution in [3.05, 3.63) is 0 Å². The minimum Gasteiger partial charge on any atom is -0.354 e. The van der Waals surface area contributed by atoms with Crippen LogP contribution < -0.4 is 11.1 Å². The Kier molecular flexibility index (Phi) is 10.9. The molecule has 104 valence electrons. The highest BCUT2D eigenvalue weighted by atomic mass is 35.5. The third-order valence-electron chi connectivity index (χ3n) is 2.76. The highest BCUT2D eigenvalue weighted by molar-refractivity contribution is 5.85. The predicted octanol–water partition coefficient (Wildman–Crippen LogP) is 2.87. The average Bonchev–Trinajstić information content (AvgIpc) is 2.20. The van der Waals surface area contributed by atoms with Crippen LogP contribution in [0.15, 0.2) is 0 Å². The summed E-state index contributed by atoms with van der Waals surface area (Å²) in [5, 5.41) is 2.90. The monoisotopic (exact) mass is 264 g/mol. The first-order valence-electron chi connectivity index (χ1n) is 6.44. The number of rotatable bonds is 8. The summed E-state index contributed by atoms with van der Waals surface area (Å²) in [5.74, 6) is 0.669. The summed E-state index contributed by atoms with van der Waals surface area (Å²) in [6, 6.07) is 0. The fourth-order valence-electron chi connectivity index (χ4n) is 1.60. The average molecular weight is 265 g/mol. The normalized spacial score (nSPS) is 12.8. The summed E-state index contributed by atoms with van der Waals surface area (Å²) in [6.45, 7) is 8.73. The zero-order valence-corrected chi connectivity index (χ0v) is 12.5. The number of carbonyl (C=O) groups excluding carboxylic acids is 1. The van der Waals surface area contributed by atoms with Gasteiger partial charge in [-0.05, 0) is 26.2 Å². The maximum absolute atomic E-state index is 11.7. The molecule has 0 aromatic rings. The largest absolute Gasteiger partial charge is 0.354 e. The maximum atomic E-state index is 11.7. The van der Waals surface area contributed by atoms with Gasteiger partial charge >= 0.3 is 0 Å². The van der Waals surface area contributed by atoms with E-state index in [0.717, 1.165) is 12.8 Å². The van der Waals surface area contributed by atoms with Crippen molar-refractivity contribution < 1.29 is 4.79 Å². The molecule has 0 fully saturated rings. The van der Waals surface area contributed by atoms with Crippen LogP contribution in [0.5, 0.6) is 0 Å². The van der Waals surface area contributed by atoms with Gasteiger partial charge in [-0.25, -0.2) is 0 Å². The molecule has 0 radical (unpaired) electrons. The molecular weight excluding hydrogens is 236 g/mol. The second-order valence-corrected chi connectivity index (χ2v) is 5.39. The van der Waals surface area contributed by atoms with Crippen LogP contribution in [0.1, 0.15) is 59.8 Å². The van der Waals surface area contributed by atoms with E-state index in [4.69, 9.17) is 5.73 Å². The first kappa shape index (κ1) is 19.1. The van der Waals surface area contributed by atoms with E-state index in [9.17, 15) is 4.79 Å². The topological polar surface area (TPSA) is 55.1 Å². The highest BCUT2D eigenvalue weighted by Crippen LogP contribution is 2.16. The van der Waals surface area contributed by atoms with Crippen molar-refractivity contribution in [3.63, 3.8) is 0 Å². The molecule has 17 heavy (non-hydrogen) atoms. The number of hydrogen-bond donors (Lipinski definition) is 2. The van der Waals surface area contributed by atoms with Crippen molar-refractivity contribution in [2.24, 2.45) is 11.7 Å². The lowest BCUT2D eigenvalue weighted by molar-refractivity contribution is -0.122. The number of nitrogens with one attached hydrogen (secondary N) is 1. The Morgan fingerprint density at radius 3 is 2.35 bits per heavy atom. The summed E-state index contributed by atoms with van der Waals surface area (Å²) in [6.07, 6.45) is 5.31. The molecule has 1 unspecified atom stereocenters. The van der Waals surface area contributed by atoms with Crippen molar-refractivity contribution in [3.8, 4) is 0 Å².